The minimum absolute atomic E-state index is 0.671. The summed E-state index contributed by atoms with van der Waals surface area (Å²) >= 11 is 0. The molecule has 0 bridgehead atoms. The summed E-state index contributed by atoms with van der Waals surface area (Å²) in [6, 6.07) is 141. The van der Waals surface area contributed by atoms with Gasteiger partial charge in [0.15, 0.2) is 45.6 Å². The summed E-state index contributed by atoms with van der Waals surface area (Å²) in [6.07, 6.45) is 0. The molecule has 0 atom stereocenters. The maximum Gasteiger partial charge on any atom is 0.178 e. The first-order valence-electron chi connectivity index (χ1n) is 41.2. The van der Waals surface area contributed by atoms with Gasteiger partial charge >= 0.3 is 0 Å². The molecule has 0 radical (unpaired) electrons. The van der Waals surface area contributed by atoms with Crippen LogP contribution in [-0.4, -0.2) is 39.9 Å². The first kappa shape index (κ1) is 72.3. The number of furan rings is 4. The van der Waals surface area contributed by atoms with Gasteiger partial charge in [-0.05, 0) is 131 Å². The fourth-order valence-corrected chi connectivity index (χ4v) is 16.8. The van der Waals surface area contributed by atoms with E-state index < -0.39 is 0 Å². The van der Waals surface area contributed by atoms with Crippen LogP contribution < -0.4 is 0 Å². The molecule has 0 amide bonds. The summed E-state index contributed by atoms with van der Waals surface area (Å²) in [6.45, 7) is 0. The Morgan fingerprint density at radius 1 is 0.121 bits per heavy atom. The topological polar surface area (TPSA) is 156 Å². The lowest BCUT2D eigenvalue weighted by atomic mass is 9.99. The third-order valence-corrected chi connectivity index (χ3v) is 23.0. The van der Waals surface area contributed by atoms with Crippen LogP contribution >= 0.6 is 0 Å². The van der Waals surface area contributed by atoms with Crippen molar-refractivity contribution in [1.82, 2.24) is 39.9 Å². The molecular formula is C112H68N8O4. The quantitative estimate of drug-likeness (QED) is 0.102. The summed E-state index contributed by atoms with van der Waals surface area (Å²) in [5.74, 6) is 2.72. The second kappa shape index (κ2) is 30.8. The minimum atomic E-state index is 0.671. The SMILES string of the molecule is c1ccc(-c2cc(-c3ccc4c(c3)oc3c4ccc4c5ccc(-c6cc(-c7ccccc7)nc(-c7ccccc7)n6)cc5oc43)nc(-c3ccccc3)n2)cc1.c1ccc(-c2cc(-c3cccc(-c4ccc5c(c4)oc4c5ccc5c6ccc(-c7cccc(-c8cc(-c9ccccc9)nc(-c9ccccc9)n8)c7)cc6oc54)c3)nc(-c3ccccc3)n2)cc1. The Labute approximate surface area is 711 Å². The van der Waals surface area contributed by atoms with E-state index in [9.17, 15) is 0 Å². The fourth-order valence-electron chi connectivity index (χ4n) is 16.8. The molecule has 124 heavy (non-hydrogen) atoms. The molecule has 0 aliphatic heterocycles. The first-order valence-corrected chi connectivity index (χ1v) is 41.2. The second-order valence-electron chi connectivity index (χ2n) is 30.8. The van der Waals surface area contributed by atoms with Crippen LogP contribution in [0.2, 0.25) is 0 Å². The van der Waals surface area contributed by atoms with E-state index in [4.69, 9.17) is 57.5 Å². The molecule has 0 saturated heterocycles. The van der Waals surface area contributed by atoms with Gasteiger partial charge in [-0.15, -0.1) is 0 Å². The van der Waals surface area contributed by atoms with Crippen LogP contribution in [-0.2, 0) is 0 Å². The maximum absolute atomic E-state index is 6.74. The van der Waals surface area contributed by atoms with Gasteiger partial charge in [-0.3, -0.25) is 0 Å². The Balaban J connectivity index is 0.000000146. The Morgan fingerprint density at radius 3 is 0.532 bits per heavy atom. The van der Waals surface area contributed by atoms with E-state index in [1.165, 1.54) is 0 Å². The van der Waals surface area contributed by atoms with Crippen LogP contribution in [0.3, 0.4) is 0 Å². The van der Waals surface area contributed by atoms with Gasteiger partial charge in [0.05, 0.1) is 45.6 Å². The molecule has 12 nitrogen and oxygen atoms in total. The van der Waals surface area contributed by atoms with Gasteiger partial charge in [-0.2, -0.15) is 0 Å². The van der Waals surface area contributed by atoms with Crippen LogP contribution in [0.4, 0.5) is 0 Å². The molecule has 24 rings (SSSR count). The Kier molecular flexibility index (Phi) is 17.9. The summed E-state index contributed by atoms with van der Waals surface area (Å²) < 4.78 is 26.8. The molecule has 0 N–H and O–H groups in total. The Hall–Kier alpha value is -17.0. The van der Waals surface area contributed by atoms with Crippen molar-refractivity contribution in [2.24, 2.45) is 0 Å². The third-order valence-electron chi connectivity index (χ3n) is 23.0. The van der Waals surface area contributed by atoms with Crippen molar-refractivity contribution in [3.63, 3.8) is 0 Å². The highest BCUT2D eigenvalue weighted by atomic mass is 16.4. The average molecular weight is 1590 g/mol. The van der Waals surface area contributed by atoms with Gasteiger partial charge in [0.2, 0.25) is 0 Å². The highest BCUT2D eigenvalue weighted by molar-refractivity contribution is 6.21. The Bertz CT molecular complexity index is 7490. The molecule has 0 aliphatic carbocycles. The fraction of sp³-hybridized carbons (Fsp3) is 0. The lowest BCUT2D eigenvalue weighted by Gasteiger charge is -2.10. The highest BCUT2D eigenvalue weighted by Gasteiger charge is 2.23. The van der Waals surface area contributed by atoms with E-state index in [-0.39, 0.29) is 0 Å². The predicted molar refractivity (Wildman–Crippen MR) is 500 cm³/mol. The predicted octanol–water partition coefficient (Wildman–Crippen LogP) is 29.5. The maximum atomic E-state index is 6.74. The zero-order chi connectivity index (χ0) is 82.0. The molecule has 16 aromatic carbocycles. The van der Waals surface area contributed by atoms with E-state index >= 15 is 0 Å². The van der Waals surface area contributed by atoms with E-state index in [0.717, 1.165) is 211 Å². The van der Waals surface area contributed by atoms with E-state index in [0.29, 0.717) is 34.5 Å². The van der Waals surface area contributed by atoms with Crippen molar-refractivity contribution in [1.29, 1.82) is 0 Å². The lowest BCUT2D eigenvalue weighted by molar-refractivity contribution is 0.633. The summed E-state index contributed by atoms with van der Waals surface area (Å²) in [5.41, 5.74) is 28.9. The van der Waals surface area contributed by atoms with Gasteiger partial charge in [-0.25, -0.2) is 39.9 Å². The smallest absolute Gasteiger partial charge is 0.178 e. The third kappa shape index (κ3) is 13.6. The molecular weight excluding hydrogens is 1520 g/mol. The zero-order valence-corrected chi connectivity index (χ0v) is 66.5. The van der Waals surface area contributed by atoms with Crippen LogP contribution in [0.25, 0.3) is 246 Å². The van der Waals surface area contributed by atoms with Crippen LogP contribution in [0.15, 0.2) is 430 Å². The molecule has 0 saturated carbocycles. The van der Waals surface area contributed by atoms with Crippen molar-refractivity contribution in [2.75, 3.05) is 0 Å². The van der Waals surface area contributed by atoms with Crippen molar-refractivity contribution in [3.8, 4) is 158 Å². The molecule has 0 unspecified atom stereocenters. The van der Waals surface area contributed by atoms with Crippen molar-refractivity contribution < 1.29 is 17.7 Å². The molecule has 580 valence electrons. The minimum Gasteiger partial charge on any atom is -0.452 e. The summed E-state index contributed by atoms with van der Waals surface area (Å²) in [5, 5.41) is 8.09. The number of nitrogens with zero attached hydrogens (tertiary/aromatic N) is 8. The van der Waals surface area contributed by atoms with Gasteiger partial charge in [0, 0.05) is 110 Å². The number of rotatable bonds is 14. The molecule has 24 aromatic rings. The molecule has 0 spiro atoms. The number of aromatic nitrogens is 8. The molecule has 0 aliphatic rings. The van der Waals surface area contributed by atoms with Crippen molar-refractivity contribution in [2.45, 2.75) is 0 Å². The van der Waals surface area contributed by atoms with Gasteiger partial charge in [0.1, 0.15) is 22.3 Å². The normalized spacial score (nSPS) is 11.5. The lowest BCUT2D eigenvalue weighted by Crippen LogP contribution is -1.96. The number of benzene rings is 16. The summed E-state index contributed by atoms with van der Waals surface area (Å²) in [7, 11) is 0. The van der Waals surface area contributed by atoms with Crippen LogP contribution in [0, 0.1) is 0 Å². The highest BCUT2D eigenvalue weighted by Crippen LogP contribution is 2.45. The first-order chi connectivity index (χ1) is 61.4. The molecule has 0 fully saturated rings. The number of hydrogen-bond acceptors (Lipinski definition) is 12. The van der Waals surface area contributed by atoms with Crippen molar-refractivity contribution in [3.05, 3.63) is 413 Å². The van der Waals surface area contributed by atoms with Gasteiger partial charge < -0.3 is 17.7 Å². The number of hydrogen-bond donors (Lipinski definition) is 0. The zero-order valence-electron chi connectivity index (χ0n) is 66.5. The van der Waals surface area contributed by atoms with Crippen LogP contribution in [0.5, 0.6) is 0 Å². The molecule has 12 heteroatoms. The van der Waals surface area contributed by atoms with E-state index in [1.54, 1.807) is 0 Å². The second-order valence-corrected chi connectivity index (χ2v) is 30.8. The van der Waals surface area contributed by atoms with Crippen LogP contribution in [0.1, 0.15) is 0 Å². The average Bonchev–Trinajstić information content (AvgIpc) is 1.58. The molecule has 8 heterocycles. The monoisotopic (exact) mass is 1590 g/mol. The van der Waals surface area contributed by atoms with E-state index in [2.05, 4.69) is 206 Å². The standard InChI is InChI=1S/C62H38N4O2.C50H30N4O2/c1-5-15-39(16-6-1)53-37-55(65-61(63-53)41-19-9-3-10-20-41)47-25-13-23-43(33-47)45-27-29-49-51-31-32-52-50-30-28-46(36-58(50)68-60(52)59(51)67-57(49)35-45)44-24-14-26-48(34-44)56-38-54(40-17-7-2-8-18-40)64-62(66-56)42-21-11-4-12-22-42;1-5-13-31(14-6-1)41-29-43(53-49(51-41)33-17-9-3-10-18-33)35-21-23-37-39-25-26-40-38-24-22-36(28-46(38)56-48(40)47(39)55-45(37)27-35)44-30-42(32-15-7-2-8-16-32)52-50(54-44)34-19-11-4-12-20-34/h1-38H;1-30H. The van der Waals surface area contributed by atoms with Crippen molar-refractivity contribution >= 4 is 87.8 Å². The van der Waals surface area contributed by atoms with Gasteiger partial charge in [0.25, 0.3) is 0 Å². The summed E-state index contributed by atoms with van der Waals surface area (Å²) in [4.78, 5) is 40.1. The largest absolute Gasteiger partial charge is 0.452 e. The number of fused-ring (bicyclic) bond motifs is 14. The molecule has 8 aromatic heterocycles. The Morgan fingerprint density at radius 2 is 0.290 bits per heavy atom. The van der Waals surface area contributed by atoms with E-state index in [1.807, 2.05) is 206 Å². The van der Waals surface area contributed by atoms with Gasteiger partial charge in [-0.1, -0.05) is 303 Å².